The van der Waals surface area contributed by atoms with Gasteiger partial charge in [-0.05, 0) is 31.0 Å². The number of nitrogens with zero attached hydrogens (tertiary/aromatic N) is 1. The maximum absolute atomic E-state index is 3.55. The van der Waals surface area contributed by atoms with E-state index in [4.69, 9.17) is 0 Å². The molecule has 21 heavy (non-hydrogen) atoms. The van der Waals surface area contributed by atoms with Crippen LogP contribution in [0.3, 0.4) is 0 Å². The highest BCUT2D eigenvalue weighted by Crippen LogP contribution is 2.17. The molecular weight excluding hydrogens is 256 g/mol. The molecule has 1 unspecified atom stereocenters. The van der Waals surface area contributed by atoms with Crippen LogP contribution in [-0.4, -0.2) is 11.1 Å². The van der Waals surface area contributed by atoms with Gasteiger partial charge < -0.3 is 9.88 Å². The molecule has 1 rings (SSSR count). The van der Waals surface area contributed by atoms with Crippen molar-refractivity contribution in [1.29, 1.82) is 0 Å². The van der Waals surface area contributed by atoms with Gasteiger partial charge in [0.15, 0.2) is 0 Å². The Kier molecular flexibility index (Phi) is 10.3. The topological polar surface area (TPSA) is 17.0 Å². The molecule has 0 amide bonds. The number of aryl methyl sites for hydroxylation is 1. The lowest BCUT2D eigenvalue weighted by Crippen LogP contribution is -2.19. The number of unbranched alkanes of at least 4 members (excludes halogenated alkanes) is 7. The van der Waals surface area contributed by atoms with Gasteiger partial charge in [-0.25, -0.2) is 0 Å². The summed E-state index contributed by atoms with van der Waals surface area (Å²) < 4.78 is 2.37. The maximum Gasteiger partial charge on any atom is 0.0332 e. The summed E-state index contributed by atoms with van der Waals surface area (Å²) in [6, 6.07) is 2.80. The van der Waals surface area contributed by atoms with Gasteiger partial charge in [0.1, 0.15) is 0 Å². The van der Waals surface area contributed by atoms with Gasteiger partial charge in [-0.15, -0.1) is 0 Å². The van der Waals surface area contributed by atoms with E-state index < -0.39 is 0 Å². The van der Waals surface area contributed by atoms with Crippen molar-refractivity contribution in [2.45, 2.75) is 91.1 Å². The van der Waals surface area contributed by atoms with E-state index >= 15 is 0 Å². The van der Waals surface area contributed by atoms with Crippen molar-refractivity contribution in [3.63, 3.8) is 0 Å². The molecule has 0 aliphatic carbocycles. The van der Waals surface area contributed by atoms with Gasteiger partial charge in [0.2, 0.25) is 0 Å². The molecule has 2 heteroatoms. The summed E-state index contributed by atoms with van der Waals surface area (Å²) in [7, 11) is 0. The Hall–Kier alpha value is -0.760. The highest BCUT2D eigenvalue weighted by Gasteiger charge is 2.08. The lowest BCUT2D eigenvalue weighted by Gasteiger charge is -2.14. The number of nitrogens with one attached hydrogen (secondary N) is 1. The second kappa shape index (κ2) is 11.9. The van der Waals surface area contributed by atoms with Crippen molar-refractivity contribution >= 4 is 0 Å². The van der Waals surface area contributed by atoms with Gasteiger partial charge in [0.05, 0.1) is 0 Å². The van der Waals surface area contributed by atoms with Gasteiger partial charge in [0.25, 0.3) is 0 Å². The largest absolute Gasteiger partial charge is 0.354 e. The number of rotatable bonds is 13. The fourth-order valence-electron chi connectivity index (χ4n) is 2.98. The van der Waals surface area contributed by atoms with E-state index in [9.17, 15) is 0 Å². The Bertz CT molecular complexity index is 343. The summed E-state index contributed by atoms with van der Waals surface area (Å²) in [5, 5.41) is 3.55. The van der Waals surface area contributed by atoms with Crippen LogP contribution in [-0.2, 0) is 6.54 Å². The molecule has 1 aromatic heterocycles. The van der Waals surface area contributed by atoms with Gasteiger partial charge in [-0.1, -0.05) is 65.7 Å². The molecule has 2 nitrogen and oxygen atoms in total. The molecule has 1 heterocycles. The molecule has 122 valence electrons. The van der Waals surface area contributed by atoms with Crippen LogP contribution in [0.15, 0.2) is 18.5 Å². The summed E-state index contributed by atoms with van der Waals surface area (Å²) in [6.45, 7) is 8.94. The van der Waals surface area contributed by atoms with Gasteiger partial charge in [-0.3, -0.25) is 0 Å². The van der Waals surface area contributed by atoms with Crippen molar-refractivity contribution in [1.82, 2.24) is 9.88 Å². The third kappa shape index (κ3) is 7.71. The molecule has 0 bridgehead atoms. The summed E-state index contributed by atoms with van der Waals surface area (Å²) in [6.07, 6.45) is 16.9. The first kappa shape index (κ1) is 18.3. The SMILES string of the molecule is CCCCCCCCCCn1ccc(C(CC)NCC)c1. The monoisotopic (exact) mass is 292 g/mol. The van der Waals surface area contributed by atoms with Crippen LogP contribution in [0.2, 0.25) is 0 Å². The maximum atomic E-state index is 3.55. The average molecular weight is 293 g/mol. The van der Waals surface area contributed by atoms with Crippen molar-refractivity contribution in [2.24, 2.45) is 0 Å². The van der Waals surface area contributed by atoms with Crippen molar-refractivity contribution in [3.8, 4) is 0 Å². The van der Waals surface area contributed by atoms with Gasteiger partial charge in [-0.2, -0.15) is 0 Å². The standard InChI is InChI=1S/C19H36N2/c1-4-7-8-9-10-11-12-13-15-21-16-14-18(17-21)19(5-2)20-6-3/h14,16-17,19-20H,4-13,15H2,1-3H3. The average Bonchev–Trinajstić information content (AvgIpc) is 2.96. The lowest BCUT2D eigenvalue weighted by molar-refractivity contribution is 0.529. The van der Waals surface area contributed by atoms with Crippen LogP contribution >= 0.6 is 0 Å². The molecule has 1 atom stereocenters. The molecule has 0 spiro atoms. The minimum absolute atomic E-state index is 0.523. The van der Waals surface area contributed by atoms with Gasteiger partial charge in [0, 0.05) is 25.0 Å². The summed E-state index contributed by atoms with van der Waals surface area (Å²) >= 11 is 0. The van der Waals surface area contributed by atoms with E-state index in [0.717, 1.165) is 13.0 Å². The molecule has 1 N–H and O–H groups in total. The predicted molar refractivity (Wildman–Crippen MR) is 93.8 cm³/mol. The summed E-state index contributed by atoms with van der Waals surface area (Å²) in [4.78, 5) is 0. The van der Waals surface area contributed by atoms with Crippen LogP contribution in [0.4, 0.5) is 0 Å². The molecule has 1 aromatic rings. The minimum Gasteiger partial charge on any atom is -0.354 e. The van der Waals surface area contributed by atoms with E-state index in [-0.39, 0.29) is 0 Å². The number of hydrogen-bond acceptors (Lipinski definition) is 1. The molecule has 0 saturated carbocycles. The van der Waals surface area contributed by atoms with Crippen molar-refractivity contribution in [2.75, 3.05) is 6.54 Å². The Morgan fingerprint density at radius 1 is 0.952 bits per heavy atom. The van der Waals surface area contributed by atoms with E-state index in [2.05, 4.69) is 49.1 Å². The van der Waals surface area contributed by atoms with E-state index in [0.29, 0.717) is 6.04 Å². The van der Waals surface area contributed by atoms with Gasteiger partial charge >= 0.3 is 0 Å². The second-order valence-corrected chi connectivity index (χ2v) is 6.18. The normalized spacial score (nSPS) is 12.7. The third-order valence-corrected chi connectivity index (χ3v) is 4.30. The van der Waals surface area contributed by atoms with Crippen LogP contribution in [0.5, 0.6) is 0 Å². The fourth-order valence-corrected chi connectivity index (χ4v) is 2.98. The van der Waals surface area contributed by atoms with E-state index in [1.807, 2.05) is 0 Å². The zero-order chi connectivity index (χ0) is 15.3. The first-order valence-corrected chi connectivity index (χ1v) is 9.20. The molecule has 0 aliphatic heterocycles. The molecular formula is C19H36N2. The van der Waals surface area contributed by atoms with Crippen molar-refractivity contribution in [3.05, 3.63) is 24.0 Å². The van der Waals surface area contributed by atoms with E-state index in [1.165, 1.54) is 63.5 Å². The summed E-state index contributed by atoms with van der Waals surface area (Å²) in [5.41, 5.74) is 1.44. The zero-order valence-corrected chi connectivity index (χ0v) is 14.5. The second-order valence-electron chi connectivity index (χ2n) is 6.18. The summed E-state index contributed by atoms with van der Waals surface area (Å²) in [5.74, 6) is 0. The number of hydrogen-bond donors (Lipinski definition) is 1. The smallest absolute Gasteiger partial charge is 0.0332 e. The lowest BCUT2D eigenvalue weighted by atomic mass is 10.1. The third-order valence-electron chi connectivity index (χ3n) is 4.30. The Morgan fingerprint density at radius 2 is 1.62 bits per heavy atom. The fraction of sp³-hybridized carbons (Fsp3) is 0.789. The Morgan fingerprint density at radius 3 is 2.24 bits per heavy atom. The predicted octanol–water partition coefficient (Wildman–Crippen LogP) is 5.69. The van der Waals surface area contributed by atoms with E-state index in [1.54, 1.807) is 0 Å². The van der Waals surface area contributed by atoms with Crippen LogP contribution in [0.25, 0.3) is 0 Å². The molecule has 0 aromatic carbocycles. The minimum atomic E-state index is 0.523. The Balaban J connectivity index is 2.14. The highest BCUT2D eigenvalue weighted by molar-refractivity contribution is 5.15. The zero-order valence-electron chi connectivity index (χ0n) is 14.5. The molecule has 0 radical (unpaired) electrons. The molecule has 0 aliphatic rings. The number of aromatic nitrogens is 1. The van der Waals surface area contributed by atoms with Crippen LogP contribution < -0.4 is 5.32 Å². The molecule has 0 fully saturated rings. The van der Waals surface area contributed by atoms with Crippen LogP contribution in [0, 0.1) is 0 Å². The quantitative estimate of drug-likeness (QED) is 0.462. The van der Waals surface area contributed by atoms with Crippen LogP contribution in [0.1, 0.15) is 90.2 Å². The Labute approximate surface area is 132 Å². The first-order valence-electron chi connectivity index (χ1n) is 9.20. The first-order chi connectivity index (χ1) is 10.3. The highest BCUT2D eigenvalue weighted by atomic mass is 15.0. The van der Waals surface area contributed by atoms with Crippen molar-refractivity contribution < 1.29 is 0 Å². The molecule has 0 saturated heterocycles.